The van der Waals surface area contributed by atoms with Crippen molar-refractivity contribution in [3.63, 3.8) is 0 Å². The highest BCUT2D eigenvalue weighted by Gasteiger charge is 2.60. The number of nitrogens with one attached hydrogen (secondary N) is 1. The number of fused-ring (bicyclic) bond motifs is 1. The van der Waals surface area contributed by atoms with Crippen LogP contribution in [0.1, 0.15) is 46.6 Å². The number of nitrogens with zero attached hydrogens (tertiary/aromatic N) is 1. The van der Waals surface area contributed by atoms with E-state index in [4.69, 9.17) is 9.47 Å². The molecule has 2 heterocycles. The van der Waals surface area contributed by atoms with Crippen molar-refractivity contribution >= 4 is 5.91 Å². The number of rotatable bonds is 4. The van der Waals surface area contributed by atoms with Gasteiger partial charge in [0.05, 0.1) is 11.2 Å². The Balaban J connectivity index is 2.01. The molecule has 0 saturated carbocycles. The molecule has 1 N–H and O–H groups in total. The lowest BCUT2D eigenvalue weighted by Crippen LogP contribution is -2.74. The van der Waals surface area contributed by atoms with Crippen LogP contribution in [-0.2, 0) is 20.8 Å². The summed E-state index contributed by atoms with van der Waals surface area (Å²) in [4.78, 5) is 14.7. The van der Waals surface area contributed by atoms with Crippen LogP contribution in [0.3, 0.4) is 0 Å². The third kappa shape index (κ3) is 3.58. The number of piperidine rings is 1. The molecule has 5 nitrogen and oxygen atoms in total. The largest absolute Gasteiger partial charge is 0.365 e. The molecule has 2 aliphatic heterocycles. The molecule has 6 heteroatoms. The summed E-state index contributed by atoms with van der Waals surface area (Å²) < 4.78 is 28.5. The van der Waals surface area contributed by atoms with Gasteiger partial charge in [-0.3, -0.25) is 9.69 Å². The second kappa shape index (κ2) is 7.73. The molecule has 0 unspecified atom stereocenters. The maximum atomic E-state index is 15.8. The van der Waals surface area contributed by atoms with Crippen LogP contribution in [0.5, 0.6) is 0 Å². The number of halogens is 1. The Morgan fingerprint density at radius 1 is 1.11 bits per heavy atom. The van der Waals surface area contributed by atoms with Gasteiger partial charge in [-0.25, -0.2) is 4.39 Å². The van der Waals surface area contributed by atoms with Gasteiger partial charge in [0, 0.05) is 19.6 Å². The van der Waals surface area contributed by atoms with Crippen molar-refractivity contribution < 1.29 is 18.7 Å². The van der Waals surface area contributed by atoms with Crippen molar-refractivity contribution in [3.8, 4) is 0 Å². The molecule has 2 saturated heterocycles. The second-order valence-corrected chi connectivity index (χ2v) is 8.82. The lowest BCUT2D eigenvalue weighted by atomic mass is 9.80. The molecule has 0 radical (unpaired) electrons. The lowest BCUT2D eigenvalue weighted by Gasteiger charge is -2.59. The Hall–Kier alpha value is -1.50. The normalized spacial score (nSPS) is 34.5. The zero-order chi connectivity index (χ0) is 20.7. The van der Waals surface area contributed by atoms with E-state index >= 15 is 4.39 Å². The van der Waals surface area contributed by atoms with E-state index in [2.05, 4.69) is 12.2 Å². The number of alkyl halides is 1. The molecular formula is C22H33FN2O3. The maximum Gasteiger partial charge on any atom is 0.240 e. The SMILES string of the molecule is CC[C@@H]1[C@H]2OC(C)(C)C(C)(C)O[C@@H]2[C@H](F)[C@@H](C(=O)NC)N1Cc1ccccc1. The lowest BCUT2D eigenvalue weighted by molar-refractivity contribution is -0.331. The molecule has 0 spiro atoms. The number of likely N-dealkylation sites (tertiary alicyclic amines) is 1. The molecular weight excluding hydrogens is 359 g/mol. The predicted octanol–water partition coefficient (Wildman–Crippen LogP) is 3.07. The van der Waals surface area contributed by atoms with Gasteiger partial charge in [0.15, 0.2) is 6.17 Å². The van der Waals surface area contributed by atoms with Gasteiger partial charge in [0.2, 0.25) is 5.91 Å². The first-order chi connectivity index (χ1) is 13.1. The molecule has 0 aromatic heterocycles. The first-order valence-electron chi connectivity index (χ1n) is 10.1. The van der Waals surface area contributed by atoms with Gasteiger partial charge >= 0.3 is 0 Å². The summed E-state index contributed by atoms with van der Waals surface area (Å²) in [7, 11) is 1.55. The van der Waals surface area contributed by atoms with E-state index in [1.54, 1.807) is 7.05 Å². The third-order valence-corrected chi connectivity index (χ3v) is 6.55. The van der Waals surface area contributed by atoms with Crippen molar-refractivity contribution in [1.82, 2.24) is 10.2 Å². The van der Waals surface area contributed by atoms with Crippen LogP contribution in [0.2, 0.25) is 0 Å². The van der Waals surface area contributed by atoms with Crippen LogP contribution in [0, 0.1) is 0 Å². The van der Waals surface area contributed by atoms with Crippen molar-refractivity contribution in [2.45, 2.75) is 89.2 Å². The Morgan fingerprint density at radius 3 is 2.21 bits per heavy atom. The number of hydrogen-bond acceptors (Lipinski definition) is 4. The second-order valence-electron chi connectivity index (χ2n) is 8.82. The number of amides is 1. The molecule has 1 aromatic rings. The standard InChI is InChI=1S/C22H33FN2O3/c1-7-15-18-19(28-22(4,5)21(2,3)27-18)16(23)17(20(26)24-6)25(15)13-14-11-9-8-10-12-14/h8-12,15-19H,7,13H2,1-6H3,(H,24,26)/t15-,16-,17+,18-,19-/m1/s1. The van der Waals surface area contributed by atoms with Gasteiger partial charge in [-0.1, -0.05) is 37.3 Å². The van der Waals surface area contributed by atoms with E-state index < -0.39 is 35.6 Å². The zero-order valence-electron chi connectivity index (χ0n) is 17.7. The Bertz CT molecular complexity index is 694. The van der Waals surface area contributed by atoms with Crippen molar-refractivity contribution in [2.75, 3.05) is 7.05 Å². The molecule has 28 heavy (non-hydrogen) atoms. The molecule has 2 aliphatic rings. The topological polar surface area (TPSA) is 50.8 Å². The first kappa shape index (κ1) is 21.2. The Morgan fingerprint density at radius 2 is 1.68 bits per heavy atom. The fourth-order valence-corrected chi connectivity index (χ4v) is 4.32. The predicted molar refractivity (Wildman–Crippen MR) is 107 cm³/mol. The fourth-order valence-electron chi connectivity index (χ4n) is 4.32. The average Bonchev–Trinajstić information content (AvgIpc) is 2.64. The Labute approximate surface area is 167 Å². The molecule has 2 fully saturated rings. The van der Waals surface area contributed by atoms with Crippen LogP contribution in [-0.4, -0.2) is 59.5 Å². The quantitative estimate of drug-likeness (QED) is 0.856. The van der Waals surface area contributed by atoms with Crippen molar-refractivity contribution in [3.05, 3.63) is 35.9 Å². The monoisotopic (exact) mass is 392 g/mol. The molecule has 3 rings (SSSR count). The van der Waals surface area contributed by atoms with Gasteiger partial charge in [-0.2, -0.15) is 0 Å². The summed E-state index contributed by atoms with van der Waals surface area (Å²) in [5.74, 6) is -0.327. The molecule has 5 atom stereocenters. The number of hydrogen-bond donors (Lipinski definition) is 1. The van der Waals surface area contributed by atoms with Crippen molar-refractivity contribution in [1.29, 1.82) is 0 Å². The van der Waals surface area contributed by atoms with E-state index in [0.29, 0.717) is 6.54 Å². The van der Waals surface area contributed by atoms with Crippen LogP contribution in [0.4, 0.5) is 4.39 Å². The number of carbonyl (C=O) groups is 1. The van der Waals surface area contributed by atoms with Crippen LogP contribution >= 0.6 is 0 Å². The molecule has 0 aliphatic carbocycles. The summed E-state index contributed by atoms with van der Waals surface area (Å²) in [5.41, 5.74) is -0.192. The van der Waals surface area contributed by atoms with Crippen molar-refractivity contribution in [2.24, 2.45) is 0 Å². The molecule has 1 amide bonds. The number of ether oxygens (including phenoxy) is 2. The van der Waals surface area contributed by atoms with Crippen LogP contribution in [0.25, 0.3) is 0 Å². The molecule has 0 bridgehead atoms. The highest BCUT2D eigenvalue weighted by molar-refractivity contribution is 5.82. The highest BCUT2D eigenvalue weighted by atomic mass is 19.1. The summed E-state index contributed by atoms with van der Waals surface area (Å²) in [6.45, 7) is 10.3. The van der Waals surface area contributed by atoms with Gasteiger partial charge in [0.25, 0.3) is 0 Å². The van der Waals surface area contributed by atoms with Gasteiger partial charge in [-0.05, 0) is 39.7 Å². The number of benzene rings is 1. The summed E-state index contributed by atoms with van der Waals surface area (Å²) in [6.07, 6.45) is -1.96. The third-order valence-electron chi connectivity index (χ3n) is 6.55. The van der Waals surface area contributed by atoms with Gasteiger partial charge in [-0.15, -0.1) is 0 Å². The van der Waals surface area contributed by atoms with Gasteiger partial charge in [0.1, 0.15) is 18.2 Å². The minimum absolute atomic E-state index is 0.130. The fraction of sp³-hybridized carbons (Fsp3) is 0.682. The minimum Gasteiger partial charge on any atom is -0.365 e. The van der Waals surface area contributed by atoms with Crippen LogP contribution < -0.4 is 5.32 Å². The highest BCUT2D eigenvalue weighted by Crippen LogP contribution is 2.44. The van der Waals surface area contributed by atoms with E-state index in [9.17, 15) is 4.79 Å². The molecule has 156 valence electrons. The number of likely N-dealkylation sites (N-methyl/N-ethyl adjacent to an activating group) is 1. The minimum atomic E-state index is -1.48. The smallest absolute Gasteiger partial charge is 0.240 e. The van der Waals surface area contributed by atoms with E-state index in [1.165, 1.54) is 0 Å². The summed E-state index contributed by atoms with van der Waals surface area (Å²) in [5, 5.41) is 2.64. The van der Waals surface area contributed by atoms with E-state index in [1.807, 2.05) is 62.9 Å². The van der Waals surface area contributed by atoms with E-state index in [-0.39, 0.29) is 11.9 Å². The summed E-state index contributed by atoms with van der Waals surface area (Å²) >= 11 is 0. The maximum absolute atomic E-state index is 15.8. The van der Waals surface area contributed by atoms with Gasteiger partial charge < -0.3 is 14.8 Å². The summed E-state index contributed by atoms with van der Waals surface area (Å²) in [6, 6.07) is 8.81. The van der Waals surface area contributed by atoms with Crippen LogP contribution in [0.15, 0.2) is 30.3 Å². The Kier molecular flexibility index (Phi) is 5.86. The number of carbonyl (C=O) groups excluding carboxylic acids is 1. The first-order valence-corrected chi connectivity index (χ1v) is 10.1. The van der Waals surface area contributed by atoms with E-state index in [0.717, 1.165) is 12.0 Å². The molecule has 1 aromatic carbocycles. The zero-order valence-corrected chi connectivity index (χ0v) is 17.7. The average molecular weight is 393 g/mol.